The second-order valence-corrected chi connectivity index (χ2v) is 4.66. The average molecular weight is 278 g/mol. The minimum atomic E-state index is -0.531. The molecule has 3 aromatic rings. The highest BCUT2D eigenvalue weighted by Gasteiger charge is 2.20. The summed E-state index contributed by atoms with van der Waals surface area (Å²) < 4.78 is 5.50. The Morgan fingerprint density at radius 3 is 2.57 bits per heavy atom. The summed E-state index contributed by atoms with van der Waals surface area (Å²) in [5, 5.41) is 0.955. The summed E-state index contributed by atoms with van der Waals surface area (Å²) in [7, 11) is 0. The third kappa shape index (κ3) is 2.74. The fraction of sp³-hybridized carbons (Fsp3) is 0.118. The molecule has 0 saturated carbocycles. The number of esters is 1. The van der Waals surface area contributed by atoms with Crippen LogP contribution in [0.3, 0.4) is 0 Å². The van der Waals surface area contributed by atoms with E-state index in [2.05, 4.69) is 9.97 Å². The van der Waals surface area contributed by atoms with Gasteiger partial charge in [0, 0.05) is 30.3 Å². The highest BCUT2D eigenvalue weighted by Crippen LogP contribution is 2.29. The smallest absolute Gasteiger partial charge is 0.303 e. The van der Waals surface area contributed by atoms with Crippen molar-refractivity contribution in [3.63, 3.8) is 0 Å². The van der Waals surface area contributed by atoms with Gasteiger partial charge < -0.3 is 4.74 Å². The predicted octanol–water partition coefficient (Wildman–Crippen LogP) is 3.28. The molecule has 0 saturated heterocycles. The van der Waals surface area contributed by atoms with E-state index >= 15 is 0 Å². The Balaban J connectivity index is 2.17. The normalized spacial score (nSPS) is 12.0. The number of hydrogen-bond acceptors (Lipinski definition) is 4. The van der Waals surface area contributed by atoms with Gasteiger partial charge in [-0.25, -0.2) is 0 Å². The minimum Gasteiger partial charge on any atom is -0.451 e. The Labute approximate surface area is 122 Å². The maximum atomic E-state index is 11.5. The average Bonchev–Trinajstić information content (AvgIpc) is 2.53. The zero-order valence-electron chi connectivity index (χ0n) is 11.6. The van der Waals surface area contributed by atoms with E-state index in [0.29, 0.717) is 5.69 Å². The van der Waals surface area contributed by atoms with Crippen molar-refractivity contribution in [1.29, 1.82) is 0 Å². The molecule has 4 heteroatoms. The van der Waals surface area contributed by atoms with E-state index in [0.717, 1.165) is 16.5 Å². The van der Waals surface area contributed by atoms with Gasteiger partial charge in [-0.1, -0.05) is 24.3 Å². The number of para-hydroxylation sites is 1. The zero-order valence-corrected chi connectivity index (χ0v) is 11.6. The number of pyridine rings is 2. The molecule has 0 radical (unpaired) electrons. The van der Waals surface area contributed by atoms with Crippen LogP contribution in [0.2, 0.25) is 0 Å². The number of hydrogen-bond donors (Lipinski definition) is 0. The number of nitrogens with zero attached hydrogens (tertiary/aromatic N) is 2. The van der Waals surface area contributed by atoms with Gasteiger partial charge >= 0.3 is 5.97 Å². The van der Waals surface area contributed by atoms with Crippen LogP contribution in [0.15, 0.2) is 60.9 Å². The molecular formula is C17H14N2O2. The number of carbonyl (C=O) groups excluding carboxylic acids is 1. The van der Waals surface area contributed by atoms with Crippen molar-refractivity contribution in [1.82, 2.24) is 9.97 Å². The first-order chi connectivity index (χ1) is 10.3. The molecule has 2 aromatic heterocycles. The first-order valence-corrected chi connectivity index (χ1v) is 6.67. The van der Waals surface area contributed by atoms with E-state index < -0.39 is 6.10 Å². The van der Waals surface area contributed by atoms with Crippen LogP contribution in [0.5, 0.6) is 0 Å². The van der Waals surface area contributed by atoms with Gasteiger partial charge in [-0.2, -0.15) is 0 Å². The van der Waals surface area contributed by atoms with Gasteiger partial charge in [0.15, 0.2) is 6.10 Å². The summed E-state index contributed by atoms with van der Waals surface area (Å²) in [6.07, 6.45) is 2.88. The SMILES string of the molecule is CC(=O)O[C@H](c1ccccn1)c1ccnc2ccccc12. The Morgan fingerprint density at radius 1 is 1.00 bits per heavy atom. The maximum Gasteiger partial charge on any atom is 0.303 e. The van der Waals surface area contributed by atoms with Gasteiger partial charge in [0.1, 0.15) is 0 Å². The largest absolute Gasteiger partial charge is 0.451 e. The molecule has 104 valence electrons. The van der Waals surface area contributed by atoms with Crippen LogP contribution in [-0.2, 0) is 9.53 Å². The molecule has 0 bridgehead atoms. The molecule has 4 nitrogen and oxygen atoms in total. The number of fused-ring (bicyclic) bond motifs is 1. The van der Waals surface area contributed by atoms with Crippen LogP contribution in [0, 0.1) is 0 Å². The molecule has 1 aromatic carbocycles. The van der Waals surface area contributed by atoms with Gasteiger partial charge in [0.2, 0.25) is 0 Å². The zero-order chi connectivity index (χ0) is 14.7. The van der Waals surface area contributed by atoms with E-state index in [1.54, 1.807) is 12.4 Å². The quantitative estimate of drug-likeness (QED) is 0.690. The van der Waals surface area contributed by atoms with Gasteiger partial charge in [-0.05, 0) is 24.3 Å². The van der Waals surface area contributed by atoms with Crippen molar-refractivity contribution in [2.24, 2.45) is 0 Å². The number of rotatable bonds is 3. The first kappa shape index (κ1) is 13.2. The molecule has 3 rings (SSSR count). The Kier molecular flexibility index (Phi) is 3.60. The lowest BCUT2D eigenvalue weighted by molar-refractivity contribution is -0.144. The number of ether oxygens (including phenoxy) is 1. The molecule has 0 unspecified atom stereocenters. The Hall–Kier alpha value is -2.75. The first-order valence-electron chi connectivity index (χ1n) is 6.67. The monoisotopic (exact) mass is 278 g/mol. The second kappa shape index (κ2) is 5.71. The molecule has 0 aliphatic carbocycles. The maximum absolute atomic E-state index is 11.5. The van der Waals surface area contributed by atoms with Crippen molar-refractivity contribution in [3.8, 4) is 0 Å². The predicted molar refractivity (Wildman–Crippen MR) is 79.6 cm³/mol. The molecule has 0 aliphatic rings. The summed E-state index contributed by atoms with van der Waals surface area (Å²) in [5.41, 5.74) is 2.45. The topological polar surface area (TPSA) is 52.1 Å². The molecule has 21 heavy (non-hydrogen) atoms. The fourth-order valence-electron chi connectivity index (χ4n) is 2.33. The summed E-state index contributed by atoms with van der Waals surface area (Å²) >= 11 is 0. The van der Waals surface area contributed by atoms with Crippen molar-refractivity contribution in [3.05, 3.63) is 72.2 Å². The van der Waals surface area contributed by atoms with E-state index in [4.69, 9.17) is 4.74 Å². The molecule has 1 atom stereocenters. The highest BCUT2D eigenvalue weighted by atomic mass is 16.5. The van der Waals surface area contributed by atoms with Crippen LogP contribution in [0.25, 0.3) is 10.9 Å². The Bertz CT molecular complexity index is 767. The van der Waals surface area contributed by atoms with Gasteiger partial charge in [-0.3, -0.25) is 14.8 Å². The molecular weight excluding hydrogens is 264 g/mol. The van der Waals surface area contributed by atoms with E-state index in [-0.39, 0.29) is 5.97 Å². The van der Waals surface area contributed by atoms with Gasteiger partial charge in [0.25, 0.3) is 0 Å². The van der Waals surface area contributed by atoms with Crippen molar-refractivity contribution in [2.75, 3.05) is 0 Å². The lowest BCUT2D eigenvalue weighted by Crippen LogP contribution is -2.12. The van der Waals surface area contributed by atoms with E-state index in [1.807, 2.05) is 48.5 Å². The number of aromatic nitrogens is 2. The van der Waals surface area contributed by atoms with E-state index in [1.165, 1.54) is 6.92 Å². The third-order valence-electron chi connectivity index (χ3n) is 3.21. The Morgan fingerprint density at radius 2 is 1.81 bits per heavy atom. The second-order valence-electron chi connectivity index (χ2n) is 4.66. The number of carbonyl (C=O) groups is 1. The molecule has 0 amide bonds. The van der Waals surface area contributed by atoms with Crippen LogP contribution in [-0.4, -0.2) is 15.9 Å². The lowest BCUT2D eigenvalue weighted by atomic mass is 10.0. The summed E-state index contributed by atoms with van der Waals surface area (Å²) in [4.78, 5) is 20.1. The highest BCUT2D eigenvalue weighted by molar-refractivity contribution is 5.83. The molecule has 2 heterocycles. The van der Waals surface area contributed by atoms with Crippen LogP contribution in [0.4, 0.5) is 0 Å². The molecule has 0 fully saturated rings. The van der Waals surface area contributed by atoms with Crippen molar-refractivity contribution >= 4 is 16.9 Å². The molecule has 0 aliphatic heterocycles. The van der Waals surface area contributed by atoms with Crippen LogP contribution in [0.1, 0.15) is 24.3 Å². The lowest BCUT2D eigenvalue weighted by Gasteiger charge is -2.18. The minimum absolute atomic E-state index is 0.341. The van der Waals surface area contributed by atoms with Crippen LogP contribution < -0.4 is 0 Å². The molecule has 0 spiro atoms. The summed E-state index contributed by atoms with van der Waals surface area (Å²) in [6, 6.07) is 15.2. The van der Waals surface area contributed by atoms with Crippen molar-refractivity contribution < 1.29 is 9.53 Å². The summed E-state index contributed by atoms with van der Waals surface area (Å²) in [6.45, 7) is 1.40. The van der Waals surface area contributed by atoms with Crippen molar-refractivity contribution in [2.45, 2.75) is 13.0 Å². The van der Waals surface area contributed by atoms with Gasteiger partial charge in [-0.15, -0.1) is 0 Å². The van der Waals surface area contributed by atoms with E-state index in [9.17, 15) is 4.79 Å². The molecule has 0 N–H and O–H groups in total. The van der Waals surface area contributed by atoms with Gasteiger partial charge in [0.05, 0.1) is 11.2 Å². The fourth-order valence-corrected chi connectivity index (χ4v) is 2.33. The third-order valence-corrected chi connectivity index (χ3v) is 3.21. The standard InChI is InChI=1S/C17H14N2O2/c1-12(20)21-17(16-8-4-5-10-18-16)14-9-11-19-15-7-3-2-6-13(14)15/h2-11,17H,1H3/t17-/m0/s1. The van der Waals surface area contributed by atoms with Crippen LogP contribution >= 0.6 is 0 Å². The number of benzene rings is 1. The summed E-state index contributed by atoms with van der Waals surface area (Å²) in [5.74, 6) is -0.341.